The van der Waals surface area contributed by atoms with Crippen molar-refractivity contribution >= 4 is 11.9 Å². The first-order chi connectivity index (χ1) is 13.3. The minimum absolute atomic E-state index is 0.0846. The van der Waals surface area contributed by atoms with Crippen LogP contribution in [-0.2, 0) is 4.79 Å². The third kappa shape index (κ3) is 4.14. The molecule has 0 aliphatic carbocycles. The van der Waals surface area contributed by atoms with Crippen LogP contribution in [0.3, 0.4) is 0 Å². The van der Waals surface area contributed by atoms with Gasteiger partial charge in [0.1, 0.15) is 0 Å². The van der Waals surface area contributed by atoms with Gasteiger partial charge in [0.2, 0.25) is 5.88 Å². The Balaban J connectivity index is 1.86. The number of amides is 1. The summed E-state index contributed by atoms with van der Waals surface area (Å²) in [5.74, 6) is -4.56. The molecule has 1 aromatic heterocycles. The topological polar surface area (TPSA) is 104 Å². The average Bonchev–Trinajstić information content (AvgIpc) is 3.05. The van der Waals surface area contributed by atoms with Gasteiger partial charge in [-0.2, -0.15) is 5.10 Å². The highest BCUT2D eigenvalue weighted by Crippen LogP contribution is 2.22. The van der Waals surface area contributed by atoms with E-state index in [1.807, 2.05) is 0 Å². The smallest absolute Gasteiger partial charge is 0.305 e. The lowest BCUT2D eigenvalue weighted by atomic mass is 10.0. The van der Waals surface area contributed by atoms with Crippen LogP contribution in [0.1, 0.15) is 28.5 Å². The Morgan fingerprint density at radius 2 is 1.79 bits per heavy atom. The molecule has 0 aliphatic rings. The number of nitrogens with one attached hydrogen (secondary N) is 1. The Morgan fingerprint density at radius 3 is 2.43 bits per heavy atom. The molecule has 3 N–H and O–H groups in total. The molecule has 0 fully saturated rings. The molecule has 3 aromatic rings. The van der Waals surface area contributed by atoms with Crippen LogP contribution in [0.5, 0.6) is 5.88 Å². The molecule has 0 aliphatic heterocycles. The number of halogens is 2. The van der Waals surface area contributed by atoms with Crippen LogP contribution < -0.4 is 5.32 Å². The van der Waals surface area contributed by atoms with E-state index in [9.17, 15) is 23.5 Å². The van der Waals surface area contributed by atoms with Crippen LogP contribution in [0.25, 0.3) is 5.69 Å². The second-order valence-electron chi connectivity index (χ2n) is 5.93. The van der Waals surface area contributed by atoms with Crippen molar-refractivity contribution in [1.29, 1.82) is 0 Å². The normalized spacial score (nSPS) is 11.8. The molecule has 1 atom stereocenters. The highest BCUT2D eigenvalue weighted by molar-refractivity contribution is 5.93. The molecule has 0 saturated carbocycles. The minimum atomic E-state index is -1.24. The fourth-order valence-corrected chi connectivity index (χ4v) is 2.63. The molecule has 3 rings (SSSR count). The van der Waals surface area contributed by atoms with Gasteiger partial charge in [0.05, 0.1) is 18.2 Å². The number of rotatable bonds is 6. The minimum Gasteiger partial charge on any atom is -0.493 e. The summed E-state index contributed by atoms with van der Waals surface area (Å²) in [4.78, 5) is 23.6. The summed E-state index contributed by atoms with van der Waals surface area (Å²) in [6.07, 6.45) is -0.553. The molecule has 0 radical (unpaired) electrons. The first-order valence-corrected chi connectivity index (χ1v) is 8.17. The largest absolute Gasteiger partial charge is 0.493 e. The van der Waals surface area contributed by atoms with E-state index in [1.54, 1.807) is 30.3 Å². The molecule has 0 spiro atoms. The second-order valence-corrected chi connectivity index (χ2v) is 5.93. The number of carbonyl (C=O) groups is 2. The van der Waals surface area contributed by atoms with Crippen molar-refractivity contribution in [2.75, 3.05) is 0 Å². The number of carboxylic acid groups (broad SMARTS) is 1. The molecular formula is C19H15F2N3O4. The van der Waals surface area contributed by atoms with Crippen molar-refractivity contribution in [3.8, 4) is 11.6 Å². The molecule has 7 nitrogen and oxygen atoms in total. The molecule has 0 saturated heterocycles. The maximum Gasteiger partial charge on any atom is 0.305 e. The first-order valence-electron chi connectivity index (χ1n) is 8.17. The number of hydrogen-bond donors (Lipinski definition) is 3. The lowest BCUT2D eigenvalue weighted by molar-refractivity contribution is -0.137. The van der Waals surface area contributed by atoms with Crippen molar-refractivity contribution in [2.45, 2.75) is 12.5 Å². The Morgan fingerprint density at radius 1 is 1.07 bits per heavy atom. The number of aromatic nitrogens is 2. The van der Waals surface area contributed by atoms with E-state index < -0.39 is 36.0 Å². The van der Waals surface area contributed by atoms with Crippen molar-refractivity contribution in [2.24, 2.45) is 0 Å². The summed E-state index contributed by atoms with van der Waals surface area (Å²) >= 11 is 0. The Labute approximate surface area is 157 Å². The maximum absolute atomic E-state index is 13.5. The van der Waals surface area contributed by atoms with Gasteiger partial charge in [-0.3, -0.25) is 9.59 Å². The average molecular weight is 387 g/mol. The van der Waals surface area contributed by atoms with E-state index in [2.05, 4.69) is 10.4 Å². The third-order valence-corrected chi connectivity index (χ3v) is 3.95. The number of nitrogens with zero attached hydrogens (tertiary/aromatic N) is 2. The van der Waals surface area contributed by atoms with E-state index in [0.717, 1.165) is 22.9 Å². The zero-order valence-corrected chi connectivity index (χ0v) is 14.3. The molecule has 28 heavy (non-hydrogen) atoms. The van der Waals surface area contributed by atoms with Gasteiger partial charge < -0.3 is 15.5 Å². The summed E-state index contributed by atoms with van der Waals surface area (Å²) in [7, 11) is 0. The number of aromatic hydroxyl groups is 1. The quantitative estimate of drug-likeness (QED) is 0.603. The second kappa shape index (κ2) is 7.87. The lowest BCUT2D eigenvalue weighted by Gasteiger charge is -2.17. The molecule has 1 unspecified atom stereocenters. The number of carbonyl (C=O) groups excluding carboxylic acids is 1. The van der Waals surface area contributed by atoms with Gasteiger partial charge in [0, 0.05) is 6.07 Å². The zero-order valence-electron chi connectivity index (χ0n) is 14.3. The predicted molar refractivity (Wildman–Crippen MR) is 94.0 cm³/mol. The first kappa shape index (κ1) is 19.0. The molecule has 9 heteroatoms. The lowest BCUT2D eigenvalue weighted by Crippen LogP contribution is -2.30. The number of hydrogen-bond acceptors (Lipinski definition) is 4. The van der Waals surface area contributed by atoms with Gasteiger partial charge >= 0.3 is 5.97 Å². The molecule has 0 bridgehead atoms. The molecular weight excluding hydrogens is 372 g/mol. The van der Waals surface area contributed by atoms with Crippen molar-refractivity contribution in [3.63, 3.8) is 0 Å². The summed E-state index contributed by atoms with van der Waals surface area (Å²) < 4.78 is 27.8. The summed E-state index contributed by atoms with van der Waals surface area (Å²) in [6, 6.07) is 11.4. The summed E-state index contributed by atoms with van der Waals surface area (Å²) in [5.41, 5.74) is 0.433. The van der Waals surface area contributed by atoms with E-state index >= 15 is 0 Å². The van der Waals surface area contributed by atoms with Crippen LogP contribution in [0, 0.1) is 11.6 Å². The van der Waals surface area contributed by atoms with Crippen molar-refractivity contribution in [1.82, 2.24) is 15.1 Å². The van der Waals surface area contributed by atoms with E-state index in [0.29, 0.717) is 5.69 Å². The summed E-state index contributed by atoms with van der Waals surface area (Å²) in [5, 5.41) is 25.5. The van der Waals surface area contributed by atoms with Gasteiger partial charge in [-0.25, -0.2) is 13.5 Å². The highest BCUT2D eigenvalue weighted by Gasteiger charge is 2.22. The fraction of sp³-hybridized carbons (Fsp3) is 0.105. The van der Waals surface area contributed by atoms with Crippen molar-refractivity contribution < 1.29 is 28.6 Å². The zero-order chi connectivity index (χ0) is 20.3. The van der Waals surface area contributed by atoms with Crippen molar-refractivity contribution in [3.05, 3.63) is 77.5 Å². The van der Waals surface area contributed by atoms with E-state index in [1.165, 1.54) is 6.07 Å². The van der Waals surface area contributed by atoms with Gasteiger partial charge in [0.15, 0.2) is 17.3 Å². The van der Waals surface area contributed by atoms with Gasteiger partial charge in [-0.1, -0.05) is 24.3 Å². The molecule has 144 valence electrons. The third-order valence-electron chi connectivity index (χ3n) is 3.95. The van der Waals surface area contributed by atoms with E-state index in [-0.39, 0.29) is 17.1 Å². The molecule has 2 aromatic carbocycles. The Hall–Kier alpha value is -3.75. The SMILES string of the molecule is O=C(O)CC(NC(=O)c1cc(O)n(-c2ccccc2)n1)c1ccc(F)c(F)c1. The fourth-order valence-electron chi connectivity index (χ4n) is 2.63. The number of para-hydroxylation sites is 1. The predicted octanol–water partition coefficient (Wildman–Crippen LogP) is 2.80. The standard InChI is InChI=1S/C19H15F2N3O4/c20-13-7-6-11(8-14(13)21)15(10-18(26)27)22-19(28)16-9-17(25)24(23-16)12-4-2-1-3-5-12/h1-9,15,25H,10H2,(H,22,28)(H,26,27). The van der Waals surface area contributed by atoms with Crippen LogP contribution >= 0.6 is 0 Å². The van der Waals surface area contributed by atoms with Crippen LogP contribution in [0.2, 0.25) is 0 Å². The number of aliphatic carboxylic acids is 1. The maximum atomic E-state index is 13.5. The van der Waals surface area contributed by atoms with Crippen LogP contribution in [-0.4, -0.2) is 31.9 Å². The van der Waals surface area contributed by atoms with Crippen LogP contribution in [0.4, 0.5) is 8.78 Å². The number of carboxylic acids is 1. The Bertz CT molecular complexity index is 1020. The van der Waals surface area contributed by atoms with Crippen LogP contribution in [0.15, 0.2) is 54.6 Å². The van der Waals surface area contributed by atoms with Gasteiger partial charge in [0.25, 0.3) is 5.91 Å². The van der Waals surface area contributed by atoms with E-state index in [4.69, 9.17) is 5.11 Å². The summed E-state index contributed by atoms with van der Waals surface area (Å²) in [6.45, 7) is 0. The highest BCUT2D eigenvalue weighted by atomic mass is 19.2. The number of benzene rings is 2. The van der Waals surface area contributed by atoms with Gasteiger partial charge in [-0.15, -0.1) is 0 Å². The Kier molecular flexibility index (Phi) is 5.35. The molecule has 1 heterocycles. The molecule has 1 amide bonds. The van der Waals surface area contributed by atoms with Gasteiger partial charge in [-0.05, 0) is 29.8 Å². The monoisotopic (exact) mass is 387 g/mol.